The Morgan fingerprint density at radius 2 is 0.932 bits per heavy atom. The van der Waals surface area contributed by atoms with Gasteiger partial charge in [0.25, 0.3) is 11.8 Å². The lowest BCUT2D eigenvalue weighted by Gasteiger charge is -2.43. The molecule has 2 amide bonds. The average Bonchev–Trinajstić information content (AvgIpc) is 3.19. The zero-order valence-corrected chi connectivity index (χ0v) is 34.9. The Hall–Kier alpha value is -3.06. The number of likely N-dealkylation sites (tertiary alicyclic amines) is 2. The normalized spacial score (nSPS) is 21.5. The molecule has 4 fully saturated rings. The molecule has 0 aliphatic carbocycles. The molecular formula is C40H54Cl2F6N8O3. The topological polar surface area (TPSA) is 115 Å². The first kappa shape index (κ1) is 45.5. The van der Waals surface area contributed by atoms with E-state index in [-0.39, 0.29) is 33.3 Å². The van der Waals surface area contributed by atoms with Crippen molar-refractivity contribution in [2.45, 2.75) is 75.2 Å². The van der Waals surface area contributed by atoms with Gasteiger partial charge >= 0.3 is 12.4 Å². The number of halogens is 8. The molecule has 11 nitrogen and oxygen atoms in total. The van der Waals surface area contributed by atoms with Crippen molar-refractivity contribution in [1.29, 1.82) is 0 Å². The fourth-order valence-corrected chi connectivity index (χ4v) is 9.23. The average molecular weight is 880 g/mol. The van der Waals surface area contributed by atoms with Crippen molar-refractivity contribution in [3.05, 3.63) is 56.6 Å². The summed E-state index contributed by atoms with van der Waals surface area (Å²) in [5.74, 6) is -1.11. The highest BCUT2D eigenvalue weighted by Gasteiger charge is 2.40. The fraction of sp³-hybridized carbons (Fsp3) is 0.650. The summed E-state index contributed by atoms with van der Waals surface area (Å²) in [6.07, 6.45) is -11.0. The molecule has 6 rings (SSSR count). The molecule has 19 heteroatoms. The van der Waals surface area contributed by atoms with E-state index in [1.165, 1.54) is 12.1 Å². The number of piperazine rings is 2. The number of alkyl halides is 6. The number of benzene rings is 2. The molecule has 4 aliphatic rings. The summed E-state index contributed by atoms with van der Waals surface area (Å²) >= 11 is 12.4. The minimum absolute atomic E-state index is 0.0173. The summed E-state index contributed by atoms with van der Waals surface area (Å²) in [5, 5.41) is -0.748. The van der Waals surface area contributed by atoms with Gasteiger partial charge in [-0.2, -0.15) is 26.3 Å². The molecule has 0 bridgehead atoms. The Balaban J connectivity index is 1.30. The van der Waals surface area contributed by atoms with Crippen LogP contribution in [0.1, 0.15) is 47.9 Å². The summed E-state index contributed by atoms with van der Waals surface area (Å²) in [6, 6.07) is 4.53. The standard InChI is InChI=1S/C40H54Cl2F6N8O3/c1-51-11-15-53(16-12-51)27-3-7-55(8-4-27)37(57)33(23-25-19-29(39(43,44)45)35(49)31(41)21-25)59-34(24-26-20-30(40(46,47)48)36(50)32(42)22-26)38(58)56-9-5-28(6-10-56)54-17-13-52(2)14-18-54/h19-22,27-28,33-34H,3-18,23-24,49-50H2,1-2H3/t33-,34-/m0/s1. The van der Waals surface area contributed by atoms with Crippen molar-refractivity contribution in [2.24, 2.45) is 0 Å². The van der Waals surface area contributed by atoms with Crippen LogP contribution in [0.25, 0.3) is 0 Å². The predicted molar refractivity (Wildman–Crippen MR) is 215 cm³/mol. The van der Waals surface area contributed by atoms with Crippen LogP contribution in [0, 0.1) is 0 Å². The van der Waals surface area contributed by atoms with Gasteiger partial charge in [0.15, 0.2) is 0 Å². The van der Waals surface area contributed by atoms with Crippen LogP contribution in [0.4, 0.5) is 37.7 Å². The highest BCUT2D eigenvalue weighted by atomic mass is 35.5. The third-order valence-electron chi connectivity index (χ3n) is 12.4. The minimum atomic E-state index is -4.87. The van der Waals surface area contributed by atoms with Crippen LogP contribution < -0.4 is 11.5 Å². The number of rotatable bonds is 10. The Morgan fingerprint density at radius 1 is 0.610 bits per heavy atom. The van der Waals surface area contributed by atoms with Crippen molar-refractivity contribution < 1.29 is 40.7 Å². The number of ether oxygens (including phenoxy) is 1. The number of carbonyl (C=O) groups is 2. The molecule has 0 saturated carbocycles. The number of anilines is 2. The van der Waals surface area contributed by atoms with Gasteiger partial charge in [0.1, 0.15) is 12.2 Å². The molecule has 4 aliphatic heterocycles. The van der Waals surface area contributed by atoms with Gasteiger partial charge in [0, 0.05) is 103 Å². The van der Waals surface area contributed by atoms with Crippen LogP contribution in [0.5, 0.6) is 0 Å². The highest BCUT2D eigenvalue weighted by molar-refractivity contribution is 6.33. The van der Waals surface area contributed by atoms with Crippen molar-refractivity contribution in [2.75, 3.05) is 104 Å². The maximum atomic E-state index is 14.6. The van der Waals surface area contributed by atoms with Crippen molar-refractivity contribution in [1.82, 2.24) is 29.4 Å². The van der Waals surface area contributed by atoms with Gasteiger partial charge in [0.05, 0.1) is 32.5 Å². The molecule has 4 heterocycles. The van der Waals surface area contributed by atoms with Crippen molar-refractivity contribution in [3.8, 4) is 0 Å². The number of nitrogens with zero attached hydrogens (tertiary/aromatic N) is 6. The second-order valence-electron chi connectivity index (χ2n) is 16.4. The van der Waals surface area contributed by atoms with Crippen LogP contribution in [-0.4, -0.2) is 158 Å². The molecule has 2 atom stereocenters. The maximum Gasteiger partial charge on any atom is 0.418 e. The zero-order chi connectivity index (χ0) is 42.8. The van der Waals surface area contributed by atoms with E-state index in [9.17, 15) is 35.9 Å². The van der Waals surface area contributed by atoms with Gasteiger partial charge in [0.2, 0.25) is 0 Å². The molecule has 2 aromatic rings. The molecule has 4 N–H and O–H groups in total. The van der Waals surface area contributed by atoms with Crippen molar-refractivity contribution >= 4 is 46.4 Å². The van der Waals surface area contributed by atoms with E-state index in [1.54, 1.807) is 9.80 Å². The first-order chi connectivity index (χ1) is 27.8. The van der Waals surface area contributed by atoms with Gasteiger partial charge in [-0.05, 0) is 75.2 Å². The Bertz CT molecular complexity index is 1660. The number of nitrogens with two attached hydrogens (primary N) is 2. The lowest BCUT2D eigenvalue weighted by molar-refractivity contribution is -0.159. The lowest BCUT2D eigenvalue weighted by atomic mass is 9.98. The summed E-state index contributed by atoms with van der Waals surface area (Å²) in [6.45, 7) is 8.61. The summed E-state index contributed by atoms with van der Waals surface area (Å²) in [5.41, 5.74) is 7.69. The Labute approximate surface area is 351 Å². The Morgan fingerprint density at radius 3 is 1.24 bits per heavy atom. The van der Waals surface area contributed by atoms with E-state index in [0.717, 1.165) is 64.5 Å². The lowest BCUT2D eigenvalue weighted by Crippen LogP contribution is -2.55. The van der Waals surface area contributed by atoms with E-state index in [4.69, 9.17) is 39.4 Å². The second kappa shape index (κ2) is 18.9. The molecular weight excluding hydrogens is 825 g/mol. The molecule has 0 aromatic heterocycles. The summed E-state index contributed by atoms with van der Waals surface area (Å²) in [4.78, 5) is 41.6. The predicted octanol–water partition coefficient (Wildman–Crippen LogP) is 5.21. The first-order valence-corrected chi connectivity index (χ1v) is 20.9. The van der Waals surface area contributed by atoms with Gasteiger partial charge in [-0.1, -0.05) is 23.2 Å². The largest absolute Gasteiger partial charge is 0.418 e. The third-order valence-corrected chi connectivity index (χ3v) is 13.0. The zero-order valence-electron chi connectivity index (χ0n) is 33.4. The summed E-state index contributed by atoms with van der Waals surface area (Å²) in [7, 11) is 4.13. The van der Waals surface area contributed by atoms with Crippen LogP contribution in [0.3, 0.4) is 0 Å². The van der Waals surface area contributed by atoms with E-state index in [0.29, 0.717) is 51.9 Å². The number of likely N-dealkylation sites (N-methyl/N-ethyl adjacent to an activating group) is 2. The monoisotopic (exact) mass is 878 g/mol. The quantitative estimate of drug-likeness (QED) is 0.246. The molecule has 2 aromatic carbocycles. The molecule has 4 saturated heterocycles. The Kier molecular flexibility index (Phi) is 14.6. The molecule has 59 heavy (non-hydrogen) atoms. The van der Waals surface area contributed by atoms with E-state index >= 15 is 0 Å². The van der Waals surface area contributed by atoms with Crippen LogP contribution in [-0.2, 0) is 39.5 Å². The highest BCUT2D eigenvalue weighted by Crippen LogP contribution is 2.40. The number of hydrogen-bond acceptors (Lipinski definition) is 9. The van der Waals surface area contributed by atoms with Gasteiger partial charge < -0.3 is 35.8 Å². The smallest absolute Gasteiger partial charge is 0.397 e. The van der Waals surface area contributed by atoms with E-state index < -0.39 is 71.7 Å². The van der Waals surface area contributed by atoms with E-state index in [2.05, 4.69) is 33.7 Å². The second-order valence-corrected chi connectivity index (χ2v) is 17.2. The van der Waals surface area contributed by atoms with Crippen LogP contribution >= 0.6 is 23.2 Å². The summed E-state index contributed by atoms with van der Waals surface area (Å²) < 4.78 is 91.1. The number of piperidine rings is 2. The van der Waals surface area contributed by atoms with Crippen LogP contribution in [0.2, 0.25) is 10.0 Å². The number of nitrogen functional groups attached to an aromatic ring is 2. The first-order valence-electron chi connectivity index (χ1n) is 20.2. The van der Waals surface area contributed by atoms with Gasteiger partial charge in [-0.3, -0.25) is 19.4 Å². The van der Waals surface area contributed by atoms with E-state index in [1.807, 2.05) is 0 Å². The molecule has 0 unspecified atom stereocenters. The number of amides is 2. The molecule has 0 spiro atoms. The minimum Gasteiger partial charge on any atom is -0.397 e. The van der Waals surface area contributed by atoms with Crippen LogP contribution in [0.15, 0.2) is 24.3 Å². The van der Waals surface area contributed by atoms with Gasteiger partial charge in [-0.25, -0.2) is 0 Å². The molecule has 328 valence electrons. The maximum absolute atomic E-state index is 14.6. The number of carbonyl (C=O) groups excluding carboxylic acids is 2. The molecule has 0 radical (unpaired) electrons. The fourth-order valence-electron chi connectivity index (χ4n) is 8.75. The SMILES string of the molecule is CN1CCN(C2CCN(C(=O)[C@H](Cc3cc(Cl)c(N)c(C(F)(F)F)c3)O[C@@H](Cc3cc(Cl)c(N)c(C(F)(F)F)c3)C(=O)N3CCC(N4CCN(C)CC4)CC3)CC2)CC1. The third kappa shape index (κ3) is 11.3. The number of hydrogen-bond donors (Lipinski definition) is 2. The van der Waals surface area contributed by atoms with Crippen molar-refractivity contribution in [3.63, 3.8) is 0 Å². The van der Waals surface area contributed by atoms with Gasteiger partial charge in [-0.15, -0.1) is 0 Å².